The van der Waals surface area contributed by atoms with Crippen molar-refractivity contribution in [3.8, 4) is 0 Å². The maximum Gasteiger partial charge on any atom is 0.183 e. The van der Waals surface area contributed by atoms with Gasteiger partial charge in [-0.1, -0.05) is 31.3 Å². The third-order valence-corrected chi connectivity index (χ3v) is 4.89. The Morgan fingerprint density at radius 1 is 1.29 bits per heavy atom. The molecule has 0 spiro atoms. The number of thiazole rings is 1. The number of fused-ring (bicyclic) bond motifs is 1. The molecule has 0 aliphatic heterocycles. The second-order valence-corrected chi connectivity index (χ2v) is 6.74. The summed E-state index contributed by atoms with van der Waals surface area (Å²) in [6, 6.07) is 6.94. The summed E-state index contributed by atoms with van der Waals surface area (Å²) in [5.74, 6) is 0. The third kappa shape index (κ3) is 4.68. The lowest BCUT2D eigenvalue weighted by Gasteiger charge is -2.19. The van der Waals surface area contributed by atoms with Crippen molar-refractivity contribution in [1.82, 2.24) is 9.88 Å². The van der Waals surface area contributed by atoms with Gasteiger partial charge in [-0.2, -0.15) is 0 Å². The summed E-state index contributed by atoms with van der Waals surface area (Å²) in [4.78, 5) is 7.17. The van der Waals surface area contributed by atoms with E-state index in [4.69, 9.17) is 0 Å². The first-order chi connectivity index (χ1) is 10.1. The molecule has 3 nitrogen and oxygen atoms in total. The average Bonchev–Trinajstić information content (AvgIpc) is 2.84. The van der Waals surface area contributed by atoms with Crippen molar-refractivity contribution in [2.24, 2.45) is 0 Å². The molecule has 1 aromatic heterocycles. The molecule has 116 valence electrons. The Hall–Kier alpha value is -1.13. The van der Waals surface area contributed by atoms with Crippen molar-refractivity contribution in [2.75, 3.05) is 25.0 Å². The minimum atomic E-state index is 0.474. The van der Waals surface area contributed by atoms with Crippen LogP contribution in [0.5, 0.6) is 0 Å². The molecule has 0 fully saturated rings. The summed E-state index contributed by atoms with van der Waals surface area (Å²) in [5.41, 5.74) is 2.38. The van der Waals surface area contributed by atoms with E-state index in [-0.39, 0.29) is 0 Å². The zero-order chi connectivity index (χ0) is 15.2. The minimum Gasteiger partial charge on any atom is -0.359 e. The fourth-order valence-electron chi connectivity index (χ4n) is 2.54. The highest BCUT2D eigenvalue weighted by molar-refractivity contribution is 7.22. The first kappa shape index (κ1) is 16.2. The molecule has 21 heavy (non-hydrogen) atoms. The molecule has 2 aromatic rings. The van der Waals surface area contributed by atoms with Gasteiger partial charge in [0.2, 0.25) is 0 Å². The van der Waals surface area contributed by atoms with Gasteiger partial charge in [-0.25, -0.2) is 4.98 Å². The lowest BCUT2D eigenvalue weighted by molar-refractivity contribution is 0.295. The predicted molar refractivity (Wildman–Crippen MR) is 94.5 cm³/mol. The fourth-order valence-corrected chi connectivity index (χ4v) is 3.50. The molecule has 1 heterocycles. The minimum absolute atomic E-state index is 0.474. The topological polar surface area (TPSA) is 28.2 Å². The first-order valence-corrected chi connectivity index (χ1v) is 8.80. The summed E-state index contributed by atoms with van der Waals surface area (Å²) >= 11 is 1.75. The van der Waals surface area contributed by atoms with Crippen LogP contribution >= 0.6 is 11.3 Å². The number of hydrogen-bond acceptors (Lipinski definition) is 4. The Kier molecular flexibility index (Phi) is 6.00. The Morgan fingerprint density at radius 2 is 2.05 bits per heavy atom. The van der Waals surface area contributed by atoms with Crippen molar-refractivity contribution in [2.45, 2.75) is 46.6 Å². The molecule has 0 saturated heterocycles. The van der Waals surface area contributed by atoms with Gasteiger partial charge < -0.3 is 10.2 Å². The normalized spacial score (nSPS) is 13.0. The van der Waals surface area contributed by atoms with Gasteiger partial charge >= 0.3 is 0 Å². The van der Waals surface area contributed by atoms with E-state index in [1.54, 1.807) is 11.3 Å². The molecule has 1 aromatic carbocycles. The molecule has 1 N–H and O–H groups in total. The van der Waals surface area contributed by atoms with Crippen LogP contribution in [-0.4, -0.2) is 35.6 Å². The van der Waals surface area contributed by atoms with E-state index in [9.17, 15) is 0 Å². The van der Waals surface area contributed by atoms with Crippen LogP contribution in [0.25, 0.3) is 10.2 Å². The number of benzene rings is 1. The Morgan fingerprint density at radius 3 is 2.76 bits per heavy atom. The Bertz CT molecular complexity index is 560. The molecule has 1 atom stereocenters. The van der Waals surface area contributed by atoms with Crippen LogP contribution in [0.2, 0.25) is 0 Å². The lowest BCUT2D eigenvalue weighted by atomic mass is 10.2. The zero-order valence-electron chi connectivity index (χ0n) is 13.6. The highest BCUT2D eigenvalue weighted by atomic mass is 32.1. The number of aryl methyl sites for hydroxylation is 1. The van der Waals surface area contributed by atoms with Crippen molar-refractivity contribution >= 4 is 26.7 Å². The summed E-state index contributed by atoms with van der Waals surface area (Å²) in [6.07, 6.45) is 2.42. The number of nitrogens with zero attached hydrogens (tertiary/aromatic N) is 2. The third-order valence-electron chi connectivity index (χ3n) is 3.92. The van der Waals surface area contributed by atoms with E-state index in [1.807, 2.05) is 0 Å². The number of anilines is 1. The average molecular weight is 305 g/mol. The van der Waals surface area contributed by atoms with Gasteiger partial charge in [0.1, 0.15) is 0 Å². The molecule has 0 saturated carbocycles. The molecular weight excluding hydrogens is 278 g/mol. The monoisotopic (exact) mass is 305 g/mol. The van der Waals surface area contributed by atoms with E-state index in [2.05, 4.69) is 61.1 Å². The Balaban J connectivity index is 1.85. The maximum atomic E-state index is 4.69. The van der Waals surface area contributed by atoms with Crippen LogP contribution in [0.3, 0.4) is 0 Å². The van der Waals surface area contributed by atoms with Gasteiger partial charge in [-0.05, 0) is 64.0 Å². The highest BCUT2D eigenvalue weighted by Gasteiger charge is 2.08. The van der Waals surface area contributed by atoms with E-state index in [0.29, 0.717) is 6.04 Å². The molecule has 4 heteroatoms. The molecule has 0 bridgehead atoms. The van der Waals surface area contributed by atoms with Crippen LogP contribution in [0.15, 0.2) is 18.2 Å². The summed E-state index contributed by atoms with van der Waals surface area (Å²) in [7, 11) is 0. The second-order valence-electron chi connectivity index (χ2n) is 5.70. The summed E-state index contributed by atoms with van der Waals surface area (Å²) in [6.45, 7) is 12.3. The summed E-state index contributed by atoms with van der Waals surface area (Å²) < 4.78 is 1.26. The summed E-state index contributed by atoms with van der Waals surface area (Å²) in [5, 5.41) is 4.60. The molecule has 0 aliphatic carbocycles. The molecule has 0 amide bonds. The van der Waals surface area contributed by atoms with Gasteiger partial charge in [-0.15, -0.1) is 0 Å². The van der Waals surface area contributed by atoms with Crippen LogP contribution in [0.1, 0.15) is 39.2 Å². The largest absolute Gasteiger partial charge is 0.359 e. The van der Waals surface area contributed by atoms with Crippen molar-refractivity contribution in [1.29, 1.82) is 0 Å². The molecule has 0 radical (unpaired) electrons. The highest BCUT2D eigenvalue weighted by Crippen LogP contribution is 2.27. The van der Waals surface area contributed by atoms with Gasteiger partial charge in [0.25, 0.3) is 0 Å². The lowest BCUT2D eigenvalue weighted by Crippen LogP contribution is -2.25. The second kappa shape index (κ2) is 7.76. The van der Waals surface area contributed by atoms with Crippen LogP contribution in [0.4, 0.5) is 5.13 Å². The smallest absolute Gasteiger partial charge is 0.183 e. The molecule has 0 aliphatic rings. The number of nitrogens with one attached hydrogen (secondary N) is 1. The molecule has 2 rings (SSSR count). The zero-order valence-corrected chi connectivity index (χ0v) is 14.5. The van der Waals surface area contributed by atoms with Crippen molar-refractivity contribution < 1.29 is 0 Å². The van der Waals surface area contributed by atoms with Crippen LogP contribution < -0.4 is 5.32 Å². The fraction of sp³-hybridized carbons (Fsp3) is 0.588. The first-order valence-electron chi connectivity index (χ1n) is 7.98. The van der Waals surface area contributed by atoms with Gasteiger partial charge in [0, 0.05) is 6.04 Å². The van der Waals surface area contributed by atoms with Crippen LogP contribution in [0, 0.1) is 6.92 Å². The number of aromatic nitrogens is 1. The van der Waals surface area contributed by atoms with Crippen molar-refractivity contribution in [3.63, 3.8) is 0 Å². The quantitative estimate of drug-likeness (QED) is 0.777. The van der Waals surface area contributed by atoms with E-state index in [0.717, 1.165) is 23.7 Å². The van der Waals surface area contributed by atoms with E-state index >= 15 is 0 Å². The Labute approximate surface area is 132 Å². The standard InChI is InChI=1S/C17H27N3S/c1-5-20(6-2)11-7-8-14(4)18-17-19-15-12-13(3)9-10-16(15)21-17/h9-10,12,14H,5-8,11H2,1-4H3,(H,18,19). The SMILES string of the molecule is CCN(CC)CCCC(C)Nc1nc2cc(C)ccc2s1. The van der Waals surface area contributed by atoms with Crippen LogP contribution in [-0.2, 0) is 0 Å². The van der Waals surface area contributed by atoms with Crippen molar-refractivity contribution in [3.05, 3.63) is 23.8 Å². The predicted octanol–water partition coefficient (Wildman–Crippen LogP) is 4.53. The molecular formula is C17H27N3S. The maximum absolute atomic E-state index is 4.69. The van der Waals surface area contributed by atoms with E-state index < -0.39 is 0 Å². The molecule has 1 unspecified atom stereocenters. The number of hydrogen-bond donors (Lipinski definition) is 1. The van der Waals surface area contributed by atoms with Gasteiger partial charge in [0.15, 0.2) is 5.13 Å². The van der Waals surface area contributed by atoms with Gasteiger partial charge in [0.05, 0.1) is 10.2 Å². The van der Waals surface area contributed by atoms with Gasteiger partial charge in [-0.3, -0.25) is 0 Å². The van der Waals surface area contributed by atoms with E-state index in [1.165, 1.54) is 29.6 Å². The number of rotatable bonds is 8.